The van der Waals surface area contributed by atoms with Crippen molar-refractivity contribution in [2.75, 3.05) is 6.79 Å². The molecule has 0 spiro atoms. The van der Waals surface area contributed by atoms with Gasteiger partial charge in [0.1, 0.15) is 5.84 Å². The highest BCUT2D eigenvalue weighted by atomic mass is 16.7. The van der Waals surface area contributed by atoms with E-state index in [9.17, 15) is 9.59 Å². The SMILES string of the molecule is CCCC(=O)OCOC(=O)N=C(N)c1ccccc1. The average Bonchev–Trinajstić information content (AvgIpc) is 2.40. The van der Waals surface area contributed by atoms with Crippen molar-refractivity contribution < 1.29 is 19.1 Å². The van der Waals surface area contributed by atoms with E-state index < -0.39 is 18.9 Å². The first-order valence-corrected chi connectivity index (χ1v) is 5.85. The summed E-state index contributed by atoms with van der Waals surface area (Å²) in [5.74, 6) is -0.374. The van der Waals surface area contributed by atoms with Gasteiger partial charge in [0.05, 0.1) is 0 Å². The summed E-state index contributed by atoms with van der Waals surface area (Å²) in [5.41, 5.74) is 6.23. The van der Waals surface area contributed by atoms with E-state index in [1.165, 1.54) is 0 Å². The fourth-order valence-electron chi connectivity index (χ4n) is 1.23. The number of hydrogen-bond donors (Lipinski definition) is 1. The number of esters is 1. The van der Waals surface area contributed by atoms with Crippen LogP contribution in [0.25, 0.3) is 0 Å². The Kier molecular flexibility index (Phi) is 6.08. The Morgan fingerprint density at radius 1 is 1.21 bits per heavy atom. The molecule has 0 saturated carbocycles. The monoisotopic (exact) mass is 264 g/mol. The van der Waals surface area contributed by atoms with E-state index in [-0.39, 0.29) is 12.3 Å². The van der Waals surface area contributed by atoms with Gasteiger partial charge in [0.25, 0.3) is 0 Å². The summed E-state index contributed by atoms with van der Waals surface area (Å²) >= 11 is 0. The van der Waals surface area contributed by atoms with E-state index in [0.29, 0.717) is 12.0 Å². The van der Waals surface area contributed by atoms with E-state index in [1.807, 2.05) is 13.0 Å². The highest BCUT2D eigenvalue weighted by Gasteiger charge is 2.06. The minimum atomic E-state index is -0.898. The Hall–Kier alpha value is -2.37. The van der Waals surface area contributed by atoms with Gasteiger partial charge in [0, 0.05) is 12.0 Å². The number of ether oxygens (including phenoxy) is 2. The third-order valence-corrected chi connectivity index (χ3v) is 2.14. The number of nitrogens with two attached hydrogens (primary N) is 1. The predicted molar refractivity (Wildman–Crippen MR) is 69.5 cm³/mol. The van der Waals surface area contributed by atoms with Crippen molar-refractivity contribution in [3.8, 4) is 0 Å². The third-order valence-electron chi connectivity index (χ3n) is 2.14. The maximum atomic E-state index is 11.3. The van der Waals surface area contributed by atoms with Crippen LogP contribution >= 0.6 is 0 Å². The number of benzene rings is 1. The Labute approximate surface area is 111 Å². The van der Waals surface area contributed by atoms with Gasteiger partial charge in [-0.15, -0.1) is 0 Å². The molecule has 0 fully saturated rings. The molecule has 0 unspecified atom stereocenters. The number of hydrogen-bond acceptors (Lipinski definition) is 4. The molecule has 0 aliphatic heterocycles. The van der Waals surface area contributed by atoms with Crippen LogP contribution in [0.5, 0.6) is 0 Å². The highest BCUT2D eigenvalue weighted by molar-refractivity contribution is 6.02. The largest absolute Gasteiger partial charge is 0.438 e. The minimum Gasteiger partial charge on any atom is -0.428 e. The fraction of sp³-hybridized carbons (Fsp3) is 0.308. The van der Waals surface area contributed by atoms with Crippen LogP contribution in [0.4, 0.5) is 4.79 Å². The number of amides is 1. The van der Waals surface area contributed by atoms with Crippen LogP contribution in [0.1, 0.15) is 25.3 Å². The van der Waals surface area contributed by atoms with E-state index in [4.69, 9.17) is 5.73 Å². The number of carbonyl (C=O) groups excluding carboxylic acids is 2. The number of amidine groups is 1. The number of carbonyl (C=O) groups is 2. The summed E-state index contributed by atoms with van der Waals surface area (Å²) < 4.78 is 9.25. The normalized spacial score (nSPS) is 10.9. The van der Waals surface area contributed by atoms with Crippen LogP contribution in [0.2, 0.25) is 0 Å². The molecule has 0 aliphatic carbocycles. The van der Waals surface area contributed by atoms with Gasteiger partial charge in [-0.05, 0) is 6.42 Å². The lowest BCUT2D eigenvalue weighted by molar-refractivity contribution is -0.151. The van der Waals surface area contributed by atoms with Crippen molar-refractivity contribution in [1.82, 2.24) is 0 Å². The molecule has 1 aromatic rings. The van der Waals surface area contributed by atoms with Gasteiger partial charge >= 0.3 is 12.1 Å². The second-order valence-corrected chi connectivity index (χ2v) is 3.66. The minimum absolute atomic E-state index is 0.0467. The number of aliphatic imine (C=N–C) groups is 1. The fourth-order valence-corrected chi connectivity index (χ4v) is 1.23. The summed E-state index contributed by atoms with van der Waals surface area (Å²) in [6.07, 6.45) is 0.0597. The molecule has 0 aliphatic rings. The lowest BCUT2D eigenvalue weighted by Gasteiger charge is -2.04. The molecule has 0 heterocycles. The summed E-state index contributed by atoms with van der Waals surface area (Å²) in [6, 6.07) is 8.80. The first kappa shape index (κ1) is 14.7. The topological polar surface area (TPSA) is 91.0 Å². The van der Waals surface area contributed by atoms with E-state index >= 15 is 0 Å². The lowest BCUT2D eigenvalue weighted by Crippen LogP contribution is -2.17. The smallest absolute Gasteiger partial charge is 0.428 e. The summed E-state index contributed by atoms with van der Waals surface area (Å²) in [4.78, 5) is 25.8. The summed E-state index contributed by atoms with van der Waals surface area (Å²) in [6.45, 7) is 1.39. The van der Waals surface area contributed by atoms with Gasteiger partial charge in [-0.3, -0.25) is 4.79 Å². The van der Waals surface area contributed by atoms with Crippen molar-refractivity contribution in [2.24, 2.45) is 10.7 Å². The molecule has 0 bridgehead atoms. The van der Waals surface area contributed by atoms with E-state index in [1.54, 1.807) is 24.3 Å². The molecule has 102 valence electrons. The molecule has 1 amide bonds. The van der Waals surface area contributed by atoms with Crippen molar-refractivity contribution in [3.05, 3.63) is 35.9 Å². The zero-order valence-electron chi connectivity index (χ0n) is 10.7. The molecule has 1 aromatic carbocycles. The van der Waals surface area contributed by atoms with E-state index in [0.717, 1.165) is 0 Å². The maximum Gasteiger partial charge on any atom is 0.438 e. The quantitative estimate of drug-likeness (QED) is 0.379. The highest BCUT2D eigenvalue weighted by Crippen LogP contribution is 1.99. The predicted octanol–water partition coefficient (Wildman–Crippen LogP) is 1.83. The summed E-state index contributed by atoms with van der Waals surface area (Å²) in [5, 5.41) is 0. The van der Waals surface area contributed by atoms with Gasteiger partial charge in [-0.1, -0.05) is 37.3 Å². The second kappa shape index (κ2) is 7.86. The van der Waals surface area contributed by atoms with Crippen LogP contribution in [-0.4, -0.2) is 24.7 Å². The molecule has 6 heteroatoms. The molecule has 0 aromatic heterocycles. The maximum absolute atomic E-state index is 11.3. The molecule has 6 nitrogen and oxygen atoms in total. The van der Waals surface area contributed by atoms with Crippen LogP contribution in [0.3, 0.4) is 0 Å². The third kappa shape index (κ3) is 5.67. The number of rotatable bonds is 5. The first-order valence-electron chi connectivity index (χ1n) is 5.85. The molecule has 0 atom stereocenters. The van der Waals surface area contributed by atoms with Crippen molar-refractivity contribution >= 4 is 17.9 Å². The van der Waals surface area contributed by atoms with Crippen molar-refractivity contribution in [2.45, 2.75) is 19.8 Å². The van der Waals surface area contributed by atoms with Crippen LogP contribution in [0.15, 0.2) is 35.3 Å². The van der Waals surface area contributed by atoms with Gasteiger partial charge in [-0.25, -0.2) is 4.79 Å². The Morgan fingerprint density at radius 2 is 1.89 bits per heavy atom. The second-order valence-electron chi connectivity index (χ2n) is 3.66. The Morgan fingerprint density at radius 3 is 2.53 bits per heavy atom. The Bertz CT molecular complexity index is 457. The molecule has 0 radical (unpaired) electrons. The van der Waals surface area contributed by atoms with Crippen molar-refractivity contribution in [3.63, 3.8) is 0 Å². The lowest BCUT2D eigenvalue weighted by atomic mass is 10.2. The molecular weight excluding hydrogens is 248 g/mol. The summed E-state index contributed by atoms with van der Waals surface area (Å²) in [7, 11) is 0. The van der Waals surface area contributed by atoms with Gasteiger partial charge in [-0.2, -0.15) is 4.99 Å². The molecule has 2 N–H and O–H groups in total. The zero-order chi connectivity index (χ0) is 14.1. The van der Waals surface area contributed by atoms with Crippen LogP contribution in [-0.2, 0) is 14.3 Å². The van der Waals surface area contributed by atoms with Crippen molar-refractivity contribution in [1.29, 1.82) is 0 Å². The van der Waals surface area contributed by atoms with Gasteiger partial charge in [0.15, 0.2) is 0 Å². The van der Waals surface area contributed by atoms with Gasteiger partial charge in [0.2, 0.25) is 6.79 Å². The molecule has 19 heavy (non-hydrogen) atoms. The van der Waals surface area contributed by atoms with E-state index in [2.05, 4.69) is 14.5 Å². The Balaban J connectivity index is 2.40. The van der Waals surface area contributed by atoms with Crippen LogP contribution < -0.4 is 5.73 Å². The van der Waals surface area contributed by atoms with Gasteiger partial charge < -0.3 is 15.2 Å². The standard InChI is InChI=1S/C13H16N2O4/c1-2-6-11(16)18-9-19-13(17)15-12(14)10-7-4-3-5-8-10/h3-5,7-8H,2,6,9H2,1H3,(H2,14,15,17). The average molecular weight is 264 g/mol. The first-order chi connectivity index (χ1) is 9.13. The van der Waals surface area contributed by atoms with Crippen LogP contribution in [0, 0.1) is 0 Å². The molecule has 1 rings (SSSR count). The molecule has 0 saturated heterocycles. The molecular formula is C13H16N2O4. The number of nitrogens with zero attached hydrogens (tertiary/aromatic N) is 1. The zero-order valence-corrected chi connectivity index (χ0v) is 10.7.